The van der Waals surface area contributed by atoms with Gasteiger partial charge in [0.2, 0.25) is 5.91 Å². The number of hydrogen-bond acceptors (Lipinski definition) is 4. The monoisotopic (exact) mass is 305 g/mol. The van der Waals surface area contributed by atoms with Crippen molar-refractivity contribution in [3.05, 3.63) is 30.3 Å². The first kappa shape index (κ1) is 16.8. The Bertz CT molecular complexity index is 456. The highest BCUT2D eigenvalue weighted by Crippen LogP contribution is 2.10. The van der Waals surface area contributed by atoms with Crippen LogP contribution in [0, 0.1) is 5.92 Å². The van der Waals surface area contributed by atoms with Crippen LogP contribution in [0.4, 0.5) is 0 Å². The molecule has 1 atom stereocenters. The maximum atomic E-state index is 12.2. The fourth-order valence-electron chi connectivity index (χ4n) is 2.50. The van der Waals surface area contributed by atoms with Crippen LogP contribution in [0.5, 0.6) is 5.75 Å². The normalized spacial score (nSPS) is 17.5. The summed E-state index contributed by atoms with van der Waals surface area (Å²) in [5, 5.41) is 0. The minimum absolute atomic E-state index is 0.0789. The third-order valence-electron chi connectivity index (χ3n) is 4.11. The summed E-state index contributed by atoms with van der Waals surface area (Å²) < 4.78 is 5.71. The number of amides is 1. The Morgan fingerprint density at radius 1 is 1.18 bits per heavy atom. The fraction of sp³-hybridized carbons (Fsp3) is 0.588. The molecule has 1 saturated heterocycles. The molecular weight excluding hydrogens is 278 g/mol. The van der Waals surface area contributed by atoms with E-state index in [4.69, 9.17) is 10.5 Å². The van der Waals surface area contributed by atoms with Crippen molar-refractivity contribution in [1.82, 2.24) is 9.80 Å². The molecule has 0 saturated carbocycles. The lowest BCUT2D eigenvalue weighted by atomic mass is 10.0. The molecule has 1 aromatic rings. The average Bonchev–Trinajstić information content (AvgIpc) is 2.55. The molecule has 2 N–H and O–H groups in total. The molecule has 1 heterocycles. The van der Waals surface area contributed by atoms with Crippen molar-refractivity contribution in [1.29, 1.82) is 0 Å². The lowest BCUT2D eigenvalue weighted by molar-refractivity contribution is -0.135. The smallest absolute Gasteiger partial charge is 0.239 e. The minimum atomic E-state index is -0.382. The first-order valence-electron chi connectivity index (χ1n) is 8.02. The number of piperazine rings is 1. The summed E-state index contributed by atoms with van der Waals surface area (Å²) in [5.41, 5.74) is 5.95. The molecule has 122 valence electrons. The summed E-state index contributed by atoms with van der Waals surface area (Å²) in [6.45, 7) is 8.80. The van der Waals surface area contributed by atoms with E-state index in [0.29, 0.717) is 6.61 Å². The van der Waals surface area contributed by atoms with E-state index >= 15 is 0 Å². The van der Waals surface area contributed by atoms with Crippen molar-refractivity contribution in [3.8, 4) is 5.75 Å². The third kappa shape index (κ3) is 4.71. The zero-order valence-corrected chi connectivity index (χ0v) is 13.6. The van der Waals surface area contributed by atoms with Crippen molar-refractivity contribution in [2.45, 2.75) is 19.9 Å². The van der Waals surface area contributed by atoms with Gasteiger partial charge in [-0.15, -0.1) is 0 Å². The Hall–Kier alpha value is -1.59. The zero-order valence-electron chi connectivity index (χ0n) is 13.6. The number of rotatable bonds is 6. The van der Waals surface area contributed by atoms with Gasteiger partial charge in [0.05, 0.1) is 6.04 Å². The molecule has 1 amide bonds. The maximum Gasteiger partial charge on any atom is 0.239 e. The number of ether oxygens (including phenoxy) is 1. The molecule has 1 aromatic carbocycles. The molecule has 2 rings (SSSR count). The van der Waals surface area contributed by atoms with Crippen LogP contribution in [0.2, 0.25) is 0 Å². The molecule has 5 nitrogen and oxygen atoms in total. The van der Waals surface area contributed by atoms with Crippen molar-refractivity contribution in [2.75, 3.05) is 39.3 Å². The molecule has 0 radical (unpaired) electrons. The van der Waals surface area contributed by atoms with Gasteiger partial charge in [-0.2, -0.15) is 0 Å². The second-order valence-electron chi connectivity index (χ2n) is 6.10. The van der Waals surface area contributed by atoms with Crippen molar-refractivity contribution in [2.24, 2.45) is 11.7 Å². The highest BCUT2D eigenvalue weighted by molar-refractivity contribution is 5.82. The summed E-state index contributed by atoms with van der Waals surface area (Å²) in [7, 11) is 0. The molecule has 1 aliphatic heterocycles. The second-order valence-corrected chi connectivity index (χ2v) is 6.10. The van der Waals surface area contributed by atoms with Crippen LogP contribution in [0.25, 0.3) is 0 Å². The number of nitrogens with two attached hydrogens (primary N) is 1. The van der Waals surface area contributed by atoms with Gasteiger partial charge < -0.3 is 15.4 Å². The number of benzene rings is 1. The Morgan fingerprint density at radius 3 is 2.41 bits per heavy atom. The van der Waals surface area contributed by atoms with E-state index < -0.39 is 0 Å². The summed E-state index contributed by atoms with van der Waals surface area (Å²) >= 11 is 0. The van der Waals surface area contributed by atoms with Crippen LogP contribution >= 0.6 is 0 Å². The van der Waals surface area contributed by atoms with Gasteiger partial charge in [-0.25, -0.2) is 0 Å². The minimum Gasteiger partial charge on any atom is -0.492 e. The standard InChI is InChI=1S/C17H27N3O2/c1-14(2)16(18)17(21)20-10-8-19(9-11-20)12-13-22-15-6-4-3-5-7-15/h3-7,14,16H,8-13,18H2,1-2H3/t16-/m0/s1. The van der Waals surface area contributed by atoms with E-state index in [-0.39, 0.29) is 17.9 Å². The lowest BCUT2D eigenvalue weighted by Gasteiger charge is -2.36. The summed E-state index contributed by atoms with van der Waals surface area (Å²) in [5.74, 6) is 1.17. The first-order valence-corrected chi connectivity index (χ1v) is 8.02. The van der Waals surface area contributed by atoms with Crippen molar-refractivity contribution in [3.63, 3.8) is 0 Å². The van der Waals surface area contributed by atoms with Gasteiger partial charge in [0.25, 0.3) is 0 Å². The van der Waals surface area contributed by atoms with Gasteiger partial charge in [0.1, 0.15) is 12.4 Å². The SMILES string of the molecule is CC(C)[C@H](N)C(=O)N1CCN(CCOc2ccccc2)CC1. The largest absolute Gasteiger partial charge is 0.492 e. The van der Waals surface area contributed by atoms with E-state index in [1.165, 1.54) is 0 Å². The van der Waals surface area contributed by atoms with Crippen LogP contribution in [-0.2, 0) is 4.79 Å². The van der Waals surface area contributed by atoms with Crippen LogP contribution in [0.3, 0.4) is 0 Å². The Balaban J connectivity index is 1.68. The highest BCUT2D eigenvalue weighted by Gasteiger charge is 2.26. The van der Waals surface area contributed by atoms with E-state index in [1.54, 1.807) is 0 Å². The topological polar surface area (TPSA) is 58.8 Å². The molecule has 0 aromatic heterocycles. The summed E-state index contributed by atoms with van der Waals surface area (Å²) in [6.07, 6.45) is 0. The van der Waals surface area contributed by atoms with Crippen molar-refractivity contribution < 1.29 is 9.53 Å². The van der Waals surface area contributed by atoms with E-state index in [9.17, 15) is 4.79 Å². The van der Waals surface area contributed by atoms with Gasteiger partial charge in [-0.3, -0.25) is 9.69 Å². The van der Waals surface area contributed by atoms with Gasteiger partial charge in [-0.1, -0.05) is 32.0 Å². The van der Waals surface area contributed by atoms with Crippen LogP contribution in [0.15, 0.2) is 30.3 Å². The third-order valence-corrected chi connectivity index (χ3v) is 4.11. The fourth-order valence-corrected chi connectivity index (χ4v) is 2.50. The van der Waals surface area contributed by atoms with E-state index in [1.807, 2.05) is 49.1 Å². The molecule has 5 heteroatoms. The maximum absolute atomic E-state index is 12.2. The molecule has 0 spiro atoms. The van der Waals surface area contributed by atoms with E-state index in [2.05, 4.69) is 4.90 Å². The Morgan fingerprint density at radius 2 is 1.82 bits per heavy atom. The Kier molecular flexibility index (Phi) is 6.21. The molecule has 0 unspecified atom stereocenters. The number of para-hydroxylation sites is 1. The predicted molar refractivity (Wildman–Crippen MR) is 87.8 cm³/mol. The number of carbonyl (C=O) groups is 1. The van der Waals surface area contributed by atoms with Gasteiger partial charge in [0, 0.05) is 32.7 Å². The summed E-state index contributed by atoms with van der Waals surface area (Å²) in [4.78, 5) is 16.4. The molecule has 0 bridgehead atoms. The van der Waals surface area contributed by atoms with Crippen LogP contribution in [-0.4, -0.2) is 61.1 Å². The van der Waals surface area contributed by atoms with Crippen LogP contribution in [0.1, 0.15) is 13.8 Å². The molecular formula is C17H27N3O2. The van der Waals surface area contributed by atoms with Gasteiger partial charge in [-0.05, 0) is 18.1 Å². The first-order chi connectivity index (χ1) is 10.6. The molecule has 0 aliphatic carbocycles. The van der Waals surface area contributed by atoms with E-state index in [0.717, 1.165) is 38.5 Å². The predicted octanol–water partition coefficient (Wildman–Crippen LogP) is 1.19. The summed E-state index contributed by atoms with van der Waals surface area (Å²) in [6, 6.07) is 9.46. The van der Waals surface area contributed by atoms with Gasteiger partial charge in [0.15, 0.2) is 0 Å². The van der Waals surface area contributed by atoms with Crippen LogP contribution < -0.4 is 10.5 Å². The van der Waals surface area contributed by atoms with Crippen molar-refractivity contribution >= 4 is 5.91 Å². The Labute approximate surface area is 133 Å². The molecule has 22 heavy (non-hydrogen) atoms. The van der Waals surface area contributed by atoms with Gasteiger partial charge >= 0.3 is 0 Å². The zero-order chi connectivity index (χ0) is 15.9. The number of nitrogens with zero attached hydrogens (tertiary/aromatic N) is 2. The highest BCUT2D eigenvalue weighted by atomic mass is 16.5. The lowest BCUT2D eigenvalue weighted by Crippen LogP contribution is -2.54. The quantitative estimate of drug-likeness (QED) is 0.858. The second kappa shape index (κ2) is 8.15. The molecule has 1 aliphatic rings. The molecule has 1 fully saturated rings. The number of hydrogen-bond donors (Lipinski definition) is 1. The number of carbonyl (C=O) groups excluding carboxylic acids is 1. The average molecular weight is 305 g/mol.